The molecule has 1 atom stereocenters. The van der Waals surface area contributed by atoms with Gasteiger partial charge in [0.1, 0.15) is 5.75 Å². The van der Waals surface area contributed by atoms with Gasteiger partial charge in [0.2, 0.25) is 5.13 Å². The van der Waals surface area contributed by atoms with Crippen molar-refractivity contribution in [2.24, 2.45) is 5.10 Å². The van der Waals surface area contributed by atoms with Gasteiger partial charge >= 0.3 is 5.97 Å². The summed E-state index contributed by atoms with van der Waals surface area (Å²) >= 11 is 1.24. The van der Waals surface area contributed by atoms with E-state index in [-0.39, 0.29) is 12.2 Å². The van der Waals surface area contributed by atoms with Gasteiger partial charge in [0.05, 0.1) is 12.8 Å². The molecule has 2 aromatic rings. The lowest BCUT2D eigenvalue weighted by atomic mass is 10.1. The first-order valence-corrected chi connectivity index (χ1v) is 7.72. The lowest BCUT2D eigenvalue weighted by Gasteiger charge is -2.27. The number of phenolic OH excluding ortho intramolecular Hbond substituents is 1. The number of esters is 1. The number of aromatic nitrogens is 1. The summed E-state index contributed by atoms with van der Waals surface area (Å²) in [7, 11) is 1.21. The molecule has 1 aliphatic rings. The number of methoxy groups -OCH3 is 1. The van der Waals surface area contributed by atoms with E-state index in [0.29, 0.717) is 16.5 Å². The smallest absolute Gasteiger partial charge is 0.361 e. The second-order valence-electron chi connectivity index (χ2n) is 5.20. The SMILES string of the molecule is COC(=O)[C@]1(O)CC(C)=NN1c1nc(-c2cccc(O)c2)cs1. The number of hydrogen-bond donors (Lipinski definition) is 2. The van der Waals surface area contributed by atoms with Gasteiger partial charge in [-0.15, -0.1) is 11.3 Å². The van der Waals surface area contributed by atoms with E-state index in [4.69, 9.17) is 0 Å². The number of carbonyl (C=O) groups is 1. The van der Waals surface area contributed by atoms with Crippen molar-refractivity contribution in [3.8, 4) is 17.0 Å². The van der Waals surface area contributed by atoms with E-state index in [0.717, 1.165) is 5.56 Å². The summed E-state index contributed by atoms with van der Waals surface area (Å²) in [6.07, 6.45) is 0.0563. The molecule has 0 aliphatic carbocycles. The van der Waals surface area contributed by atoms with Crippen LogP contribution in [0.2, 0.25) is 0 Å². The molecule has 0 spiro atoms. The van der Waals surface area contributed by atoms with Crippen molar-refractivity contribution in [2.45, 2.75) is 19.1 Å². The molecule has 0 unspecified atom stereocenters. The van der Waals surface area contributed by atoms with Gasteiger partial charge in [0.15, 0.2) is 0 Å². The summed E-state index contributed by atoms with van der Waals surface area (Å²) < 4.78 is 4.68. The van der Waals surface area contributed by atoms with Crippen LogP contribution in [0.5, 0.6) is 5.75 Å². The molecule has 23 heavy (non-hydrogen) atoms. The fourth-order valence-corrected chi connectivity index (χ4v) is 3.25. The number of carbonyl (C=O) groups excluding carboxylic acids is 1. The minimum absolute atomic E-state index is 0.0563. The Hall–Kier alpha value is -2.45. The Kier molecular flexibility index (Phi) is 3.78. The number of hydrazone groups is 1. The molecule has 2 N–H and O–H groups in total. The third kappa shape index (κ3) is 2.66. The third-order valence-corrected chi connectivity index (χ3v) is 4.27. The van der Waals surface area contributed by atoms with Crippen molar-refractivity contribution in [3.63, 3.8) is 0 Å². The topological polar surface area (TPSA) is 95.3 Å². The van der Waals surface area contributed by atoms with Crippen LogP contribution in [0.15, 0.2) is 34.7 Å². The molecule has 0 amide bonds. The predicted octanol–water partition coefficient (Wildman–Crippen LogP) is 1.96. The van der Waals surface area contributed by atoms with Crippen LogP contribution in [0.25, 0.3) is 11.3 Å². The van der Waals surface area contributed by atoms with Crippen LogP contribution in [0.4, 0.5) is 5.13 Å². The molecular formula is C15H15N3O4S. The molecule has 0 bridgehead atoms. The number of rotatable bonds is 3. The van der Waals surface area contributed by atoms with Crippen LogP contribution in [-0.2, 0) is 9.53 Å². The van der Waals surface area contributed by atoms with E-state index in [1.54, 1.807) is 30.5 Å². The fraction of sp³-hybridized carbons (Fsp3) is 0.267. The number of thiazole rings is 1. The lowest BCUT2D eigenvalue weighted by Crippen LogP contribution is -2.50. The van der Waals surface area contributed by atoms with Crippen LogP contribution in [0.1, 0.15) is 13.3 Å². The van der Waals surface area contributed by atoms with Crippen molar-refractivity contribution in [1.29, 1.82) is 0 Å². The number of benzene rings is 1. The van der Waals surface area contributed by atoms with Crippen LogP contribution >= 0.6 is 11.3 Å². The minimum Gasteiger partial charge on any atom is -0.508 e. The highest BCUT2D eigenvalue weighted by molar-refractivity contribution is 7.14. The molecule has 1 aromatic heterocycles. The molecule has 7 nitrogen and oxygen atoms in total. The highest BCUT2D eigenvalue weighted by Gasteiger charge is 2.49. The van der Waals surface area contributed by atoms with Gasteiger partial charge < -0.3 is 14.9 Å². The van der Waals surface area contributed by atoms with Crippen LogP contribution in [-0.4, -0.2) is 39.7 Å². The molecule has 0 fully saturated rings. The van der Waals surface area contributed by atoms with Gasteiger partial charge in [-0.1, -0.05) is 12.1 Å². The van der Waals surface area contributed by atoms with Gasteiger partial charge in [-0.05, 0) is 19.1 Å². The van der Waals surface area contributed by atoms with Crippen molar-refractivity contribution in [1.82, 2.24) is 4.98 Å². The maximum atomic E-state index is 11.9. The molecule has 2 heterocycles. The molecule has 3 rings (SSSR count). The van der Waals surface area contributed by atoms with Gasteiger partial charge in [-0.3, -0.25) is 0 Å². The normalized spacial score (nSPS) is 20.5. The van der Waals surface area contributed by atoms with Gasteiger partial charge in [0, 0.05) is 23.1 Å². The average Bonchev–Trinajstić information content (AvgIpc) is 3.11. The van der Waals surface area contributed by atoms with E-state index in [1.165, 1.54) is 23.5 Å². The maximum absolute atomic E-state index is 11.9. The summed E-state index contributed by atoms with van der Waals surface area (Å²) in [6, 6.07) is 6.68. The molecule has 1 aliphatic heterocycles. The van der Waals surface area contributed by atoms with Crippen LogP contribution in [0.3, 0.4) is 0 Å². The third-order valence-electron chi connectivity index (χ3n) is 3.45. The summed E-state index contributed by atoms with van der Waals surface area (Å²) in [6.45, 7) is 1.72. The Morgan fingerprint density at radius 3 is 2.96 bits per heavy atom. The molecule has 1 aromatic carbocycles. The standard InChI is InChI=1S/C15H15N3O4S/c1-9-7-15(21,13(20)22-2)18(17-9)14-16-12(8-23-14)10-4-3-5-11(19)6-10/h3-6,8,19,21H,7H2,1-2H3/t15-/m1/s1. The number of phenols is 1. The van der Waals surface area contributed by atoms with Gasteiger partial charge in [-0.25, -0.2) is 9.78 Å². The van der Waals surface area contributed by atoms with E-state index in [2.05, 4.69) is 14.8 Å². The van der Waals surface area contributed by atoms with Crippen LogP contribution < -0.4 is 5.01 Å². The number of nitrogens with zero attached hydrogens (tertiary/aromatic N) is 3. The zero-order chi connectivity index (χ0) is 16.6. The Labute approximate surface area is 136 Å². The zero-order valence-electron chi connectivity index (χ0n) is 12.6. The van der Waals surface area contributed by atoms with Crippen molar-refractivity contribution >= 4 is 28.1 Å². The van der Waals surface area contributed by atoms with E-state index >= 15 is 0 Å². The first-order valence-electron chi connectivity index (χ1n) is 6.84. The van der Waals surface area contributed by atoms with E-state index in [1.807, 2.05) is 6.07 Å². The highest BCUT2D eigenvalue weighted by atomic mass is 32.1. The number of aliphatic hydroxyl groups is 1. The first kappa shape index (κ1) is 15.4. The second kappa shape index (κ2) is 5.64. The Bertz CT molecular complexity index is 789. The Morgan fingerprint density at radius 2 is 2.26 bits per heavy atom. The van der Waals surface area contributed by atoms with Gasteiger partial charge in [-0.2, -0.15) is 10.1 Å². The van der Waals surface area contributed by atoms with E-state index in [9.17, 15) is 15.0 Å². The predicted molar refractivity (Wildman–Crippen MR) is 86.4 cm³/mol. The highest BCUT2D eigenvalue weighted by Crippen LogP contribution is 2.36. The molecule has 0 saturated heterocycles. The second-order valence-corrected chi connectivity index (χ2v) is 6.03. The van der Waals surface area contributed by atoms with Crippen molar-refractivity contribution < 1.29 is 19.7 Å². The largest absolute Gasteiger partial charge is 0.508 e. The Balaban J connectivity index is 1.97. The van der Waals surface area contributed by atoms with E-state index < -0.39 is 11.7 Å². The molecule has 8 heteroatoms. The van der Waals surface area contributed by atoms with Gasteiger partial charge in [0.25, 0.3) is 5.72 Å². The lowest BCUT2D eigenvalue weighted by molar-refractivity contribution is -0.160. The molecular weight excluding hydrogens is 318 g/mol. The maximum Gasteiger partial charge on any atom is 0.361 e. The summed E-state index contributed by atoms with van der Waals surface area (Å²) in [5, 5.41) is 27.7. The minimum atomic E-state index is -1.88. The number of ether oxygens (including phenoxy) is 1. The quantitative estimate of drug-likeness (QED) is 0.834. The van der Waals surface area contributed by atoms with Crippen molar-refractivity contribution in [2.75, 3.05) is 12.1 Å². The number of anilines is 1. The average molecular weight is 333 g/mol. The fourth-order valence-electron chi connectivity index (χ4n) is 2.40. The molecule has 120 valence electrons. The molecule has 0 radical (unpaired) electrons. The summed E-state index contributed by atoms with van der Waals surface area (Å²) in [5.41, 5.74) is 0.0705. The number of hydrogen-bond acceptors (Lipinski definition) is 8. The van der Waals surface area contributed by atoms with Crippen LogP contribution in [0, 0.1) is 0 Å². The van der Waals surface area contributed by atoms with Crippen molar-refractivity contribution in [3.05, 3.63) is 29.6 Å². The monoisotopic (exact) mass is 333 g/mol. The number of aromatic hydroxyl groups is 1. The summed E-state index contributed by atoms with van der Waals surface area (Å²) in [4.78, 5) is 16.4. The Morgan fingerprint density at radius 1 is 1.48 bits per heavy atom. The first-order chi connectivity index (χ1) is 10.9. The zero-order valence-corrected chi connectivity index (χ0v) is 13.4. The molecule has 0 saturated carbocycles. The summed E-state index contributed by atoms with van der Waals surface area (Å²) in [5.74, 6) is -0.648.